The topological polar surface area (TPSA) is 55.1 Å². The summed E-state index contributed by atoms with van der Waals surface area (Å²) < 4.78 is 0. The fourth-order valence-electron chi connectivity index (χ4n) is 1.66. The van der Waals surface area contributed by atoms with Crippen LogP contribution in [-0.4, -0.2) is 6.41 Å². The van der Waals surface area contributed by atoms with Crippen molar-refractivity contribution in [3.63, 3.8) is 0 Å². The molecule has 0 aromatic heterocycles. The maximum absolute atomic E-state index is 10.3. The number of anilines is 2. The largest absolute Gasteiger partial charge is 0.399 e. The van der Waals surface area contributed by atoms with Gasteiger partial charge in [-0.3, -0.25) is 4.79 Å². The van der Waals surface area contributed by atoms with E-state index in [9.17, 15) is 4.79 Å². The van der Waals surface area contributed by atoms with Crippen LogP contribution in [0.3, 0.4) is 0 Å². The molecule has 0 fully saturated rings. The smallest absolute Gasteiger partial charge is 0.211 e. The standard InChI is InChI=1S/C14H14N2O/c15-13-5-1-11(2-6-13)9-12-3-7-14(8-4-12)16-10-17/h1-8,10H,9,15H2,(H,16,17). The summed E-state index contributed by atoms with van der Waals surface area (Å²) in [5.41, 5.74) is 9.63. The van der Waals surface area contributed by atoms with Gasteiger partial charge in [-0.05, 0) is 41.8 Å². The van der Waals surface area contributed by atoms with Crippen LogP contribution >= 0.6 is 0 Å². The van der Waals surface area contributed by atoms with Crippen molar-refractivity contribution in [2.75, 3.05) is 11.1 Å². The first kappa shape index (κ1) is 11.2. The second kappa shape index (κ2) is 5.16. The summed E-state index contributed by atoms with van der Waals surface area (Å²) in [6.07, 6.45) is 1.54. The predicted molar refractivity (Wildman–Crippen MR) is 69.8 cm³/mol. The third-order valence-electron chi connectivity index (χ3n) is 2.57. The maximum Gasteiger partial charge on any atom is 0.211 e. The van der Waals surface area contributed by atoms with E-state index in [1.165, 1.54) is 11.1 Å². The summed E-state index contributed by atoms with van der Waals surface area (Å²) in [5.74, 6) is 0. The van der Waals surface area contributed by atoms with E-state index in [0.717, 1.165) is 17.8 Å². The number of nitrogens with one attached hydrogen (secondary N) is 1. The molecule has 0 aliphatic carbocycles. The molecular formula is C14H14N2O. The first-order chi connectivity index (χ1) is 8.28. The summed E-state index contributed by atoms with van der Waals surface area (Å²) in [4.78, 5) is 10.3. The lowest BCUT2D eigenvalue weighted by molar-refractivity contribution is -0.105. The monoisotopic (exact) mass is 226 g/mol. The number of carbonyl (C=O) groups is 1. The lowest BCUT2D eigenvalue weighted by atomic mass is 10.0. The van der Waals surface area contributed by atoms with Crippen molar-refractivity contribution in [2.24, 2.45) is 0 Å². The van der Waals surface area contributed by atoms with Gasteiger partial charge in [0.25, 0.3) is 0 Å². The molecule has 1 amide bonds. The second-order valence-electron chi connectivity index (χ2n) is 3.88. The summed E-state index contributed by atoms with van der Waals surface area (Å²) in [7, 11) is 0. The van der Waals surface area contributed by atoms with Crippen LogP contribution in [0.25, 0.3) is 0 Å². The number of carbonyl (C=O) groups excluding carboxylic acids is 1. The highest BCUT2D eigenvalue weighted by Crippen LogP contribution is 2.14. The van der Waals surface area contributed by atoms with E-state index in [-0.39, 0.29) is 0 Å². The normalized spacial score (nSPS) is 9.88. The third-order valence-corrected chi connectivity index (χ3v) is 2.57. The molecule has 3 heteroatoms. The van der Waals surface area contributed by atoms with E-state index in [4.69, 9.17) is 5.73 Å². The highest BCUT2D eigenvalue weighted by Gasteiger charge is 1.97. The molecule has 0 spiro atoms. The zero-order chi connectivity index (χ0) is 12.1. The Morgan fingerprint density at radius 2 is 1.47 bits per heavy atom. The molecule has 0 aliphatic heterocycles. The number of nitrogen functional groups attached to an aromatic ring is 1. The molecular weight excluding hydrogens is 212 g/mol. The zero-order valence-electron chi connectivity index (χ0n) is 9.39. The van der Waals surface area contributed by atoms with Crippen LogP contribution in [0.4, 0.5) is 11.4 Å². The minimum absolute atomic E-state index is 0.676. The quantitative estimate of drug-likeness (QED) is 0.621. The summed E-state index contributed by atoms with van der Waals surface area (Å²) in [6, 6.07) is 15.6. The van der Waals surface area contributed by atoms with Gasteiger partial charge in [0.1, 0.15) is 0 Å². The van der Waals surface area contributed by atoms with Crippen molar-refractivity contribution in [1.29, 1.82) is 0 Å². The van der Waals surface area contributed by atoms with Crippen molar-refractivity contribution in [2.45, 2.75) is 6.42 Å². The molecule has 2 rings (SSSR count). The predicted octanol–water partition coefficient (Wildman–Crippen LogP) is 2.43. The van der Waals surface area contributed by atoms with Gasteiger partial charge in [-0.15, -0.1) is 0 Å². The van der Waals surface area contributed by atoms with Gasteiger partial charge in [-0.2, -0.15) is 0 Å². The Labute approximate surface area is 100 Å². The number of benzene rings is 2. The van der Waals surface area contributed by atoms with Crippen LogP contribution < -0.4 is 11.1 Å². The first-order valence-electron chi connectivity index (χ1n) is 5.41. The molecule has 0 saturated carbocycles. The molecule has 0 bridgehead atoms. The molecule has 0 atom stereocenters. The Balaban J connectivity index is 2.08. The first-order valence-corrected chi connectivity index (χ1v) is 5.41. The van der Waals surface area contributed by atoms with Crippen molar-refractivity contribution in [1.82, 2.24) is 0 Å². The molecule has 0 aliphatic rings. The van der Waals surface area contributed by atoms with E-state index < -0.39 is 0 Å². The molecule has 3 N–H and O–H groups in total. The molecule has 0 heterocycles. The Kier molecular flexibility index (Phi) is 3.40. The molecule has 0 radical (unpaired) electrons. The summed E-state index contributed by atoms with van der Waals surface area (Å²) >= 11 is 0. The van der Waals surface area contributed by atoms with Gasteiger partial charge in [0, 0.05) is 11.4 Å². The van der Waals surface area contributed by atoms with Crippen molar-refractivity contribution < 1.29 is 4.79 Å². The molecule has 2 aromatic carbocycles. The minimum Gasteiger partial charge on any atom is -0.399 e. The average molecular weight is 226 g/mol. The molecule has 0 unspecified atom stereocenters. The number of amides is 1. The van der Waals surface area contributed by atoms with Gasteiger partial charge in [0.15, 0.2) is 0 Å². The Bertz CT molecular complexity index is 489. The fourth-order valence-corrected chi connectivity index (χ4v) is 1.66. The van der Waals surface area contributed by atoms with Crippen LogP contribution in [0.2, 0.25) is 0 Å². The van der Waals surface area contributed by atoms with Gasteiger partial charge in [-0.25, -0.2) is 0 Å². The van der Waals surface area contributed by atoms with E-state index in [1.54, 1.807) is 0 Å². The average Bonchev–Trinajstić information content (AvgIpc) is 2.35. The van der Waals surface area contributed by atoms with Crippen LogP contribution in [0.1, 0.15) is 11.1 Å². The Hall–Kier alpha value is -2.29. The van der Waals surface area contributed by atoms with Crippen molar-refractivity contribution >= 4 is 17.8 Å². The Morgan fingerprint density at radius 1 is 0.941 bits per heavy atom. The highest BCUT2D eigenvalue weighted by molar-refractivity contribution is 5.71. The number of nitrogens with two attached hydrogens (primary N) is 1. The van der Waals surface area contributed by atoms with Gasteiger partial charge < -0.3 is 11.1 Å². The fraction of sp³-hybridized carbons (Fsp3) is 0.0714. The molecule has 2 aromatic rings. The van der Waals surface area contributed by atoms with Gasteiger partial charge in [-0.1, -0.05) is 24.3 Å². The van der Waals surface area contributed by atoms with Crippen LogP contribution in [0.5, 0.6) is 0 Å². The van der Waals surface area contributed by atoms with Crippen LogP contribution in [0, 0.1) is 0 Å². The zero-order valence-corrected chi connectivity index (χ0v) is 9.39. The SMILES string of the molecule is Nc1ccc(Cc2ccc(NC=O)cc2)cc1. The molecule has 3 nitrogen and oxygen atoms in total. The molecule has 17 heavy (non-hydrogen) atoms. The van der Waals surface area contributed by atoms with Gasteiger partial charge >= 0.3 is 0 Å². The Morgan fingerprint density at radius 3 is 2.00 bits per heavy atom. The van der Waals surface area contributed by atoms with Gasteiger partial charge in [0.2, 0.25) is 6.41 Å². The lowest BCUT2D eigenvalue weighted by Gasteiger charge is -2.04. The maximum atomic E-state index is 10.3. The van der Waals surface area contributed by atoms with Crippen LogP contribution in [0.15, 0.2) is 48.5 Å². The van der Waals surface area contributed by atoms with E-state index in [2.05, 4.69) is 5.32 Å². The number of hydrogen-bond donors (Lipinski definition) is 2. The number of hydrogen-bond acceptors (Lipinski definition) is 2. The summed E-state index contributed by atoms with van der Waals surface area (Å²) in [6.45, 7) is 0. The van der Waals surface area contributed by atoms with Crippen molar-refractivity contribution in [3.8, 4) is 0 Å². The summed E-state index contributed by atoms with van der Waals surface area (Å²) in [5, 5.41) is 2.61. The van der Waals surface area contributed by atoms with Crippen molar-refractivity contribution in [3.05, 3.63) is 59.7 Å². The van der Waals surface area contributed by atoms with E-state index >= 15 is 0 Å². The minimum atomic E-state index is 0.676. The third kappa shape index (κ3) is 3.08. The van der Waals surface area contributed by atoms with Crippen LogP contribution in [-0.2, 0) is 11.2 Å². The molecule has 86 valence electrons. The second-order valence-corrected chi connectivity index (χ2v) is 3.88. The van der Waals surface area contributed by atoms with Gasteiger partial charge in [0.05, 0.1) is 0 Å². The van der Waals surface area contributed by atoms with E-state index in [0.29, 0.717) is 6.41 Å². The lowest BCUT2D eigenvalue weighted by Crippen LogP contribution is -1.94. The number of rotatable bonds is 4. The molecule has 0 saturated heterocycles. The van der Waals surface area contributed by atoms with E-state index in [1.807, 2.05) is 48.5 Å². The highest BCUT2D eigenvalue weighted by atomic mass is 16.1.